The van der Waals surface area contributed by atoms with Gasteiger partial charge < -0.3 is 22.1 Å². The fourth-order valence-electron chi connectivity index (χ4n) is 2.83. The molecule has 1 aromatic carbocycles. The third-order valence-electron chi connectivity index (χ3n) is 4.04. The predicted octanol–water partition coefficient (Wildman–Crippen LogP) is 0.831. The van der Waals surface area contributed by atoms with Gasteiger partial charge in [0.25, 0.3) is 5.91 Å². The van der Waals surface area contributed by atoms with Crippen LogP contribution in [-0.4, -0.2) is 30.9 Å². The highest BCUT2D eigenvalue weighted by atomic mass is 16.2. The molecular formula is C16H24N4O2. The highest BCUT2D eigenvalue weighted by molar-refractivity contribution is 6.03. The second-order valence-electron chi connectivity index (χ2n) is 5.70. The first kappa shape index (κ1) is 16.5. The first-order chi connectivity index (χ1) is 10.6. The van der Waals surface area contributed by atoms with Gasteiger partial charge in [-0.1, -0.05) is 18.6 Å². The van der Waals surface area contributed by atoms with Gasteiger partial charge in [-0.25, -0.2) is 0 Å². The molecule has 0 aliphatic heterocycles. The SMILES string of the molecule is NCCNC(=O)c1ccccc1NC(=O)C[C@@H]1CCC[C@H]1N. The van der Waals surface area contributed by atoms with Gasteiger partial charge >= 0.3 is 0 Å². The van der Waals surface area contributed by atoms with E-state index in [1.807, 2.05) is 0 Å². The van der Waals surface area contributed by atoms with Gasteiger partial charge in [0.15, 0.2) is 0 Å². The summed E-state index contributed by atoms with van der Waals surface area (Å²) in [4.78, 5) is 24.2. The van der Waals surface area contributed by atoms with E-state index in [4.69, 9.17) is 11.5 Å². The minimum absolute atomic E-state index is 0.0959. The Hall–Kier alpha value is -1.92. The molecule has 22 heavy (non-hydrogen) atoms. The molecule has 6 heteroatoms. The third kappa shape index (κ3) is 4.29. The average molecular weight is 304 g/mol. The van der Waals surface area contributed by atoms with Crippen molar-refractivity contribution in [2.45, 2.75) is 31.7 Å². The molecule has 0 unspecified atom stereocenters. The van der Waals surface area contributed by atoms with Gasteiger partial charge in [0.1, 0.15) is 0 Å². The van der Waals surface area contributed by atoms with Gasteiger partial charge in [-0.3, -0.25) is 9.59 Å². The maximum Gasteiger partial charge on any atom is 0.253 e. The molecule has 1 aliphatic rings. The van der Waals surface area contributed by atoms with Crippen molar-refractivity contribution in [1.29, 1.82) is 0 Å². The van der Waals surface area contributed by atoms with Crippen LogP contribution in [0.25, 0.3) is 0 Å². The van der Waals surface area contributed by atoms with E-state index in [0.717, 1.165) is 19.3 Å². The number of amides is 2. The first-order valence-electron chi connectivity index (χ1n) is 7.74. The Morgan fingerprint density at radius 1 is 1.23 bits per heavy atom. The van der Waals surface area contributed by atoms with Gasteiger partial charge in [-0.05, 0) is 30.9 Å². The van der Waals surface area contributed by atoms with Crippen molar-refractivity contribution in [3.05, 3.63) is 29.8 Å². The lowest BCUT2D eigenvalue weighted by Crippen LogP contribution is -2.31. The average Bonchev–Trinajstić information content (AvgIpc) is 2.90. The Bertz CT molecular complexity index is 533. The molecule has 6 nitrogen and oxygen atoms in total. The second-order valence-corrected chi connectivity index (χ2v) is 5.70. The first-order valence-corrected chi connectivity index (χ1v) is 7.74. The van der Waals surface area contributed by atoms with Crippen molar-refractivity contribution in [3.8, 4) is 0 Å². The van der Waals surface area contributed by atoms with E-state index < -0.39 is 0 Å². The molecule has 1 fully saturated rings. The normalized spacial score (nSPS) is 20.6. The van der Waals surface area contributed by atoms with Gasteiger partial charge in [0, 0.05) is 25.6 Å². The number of carbonyl (C=O) groups excluding carboxylic acids is 2. The lowest BCUT2D eigenvalue weighted by atomic mass is 9.99. The van der Waals surface area contributed by atoms with Crippen molar-refractivity contribution in [2.24, 2.45) is 17.4 Å². The number of hydrogen-bond donors (Lipinski definition) is 4. The van der Waals surface area contributed by atoms with Crippen LogP contribution < -0.4 is 22.1 Å². The number of benzene rings is 1. The van der Waals surface area contributed by atoms with Crippen LogP contribution in [0.2, 0.25) is 0 Å². The van der Waals surface area contributed by atoms with Crippen LogP contribution in [0, 0.1) is 5.92 Å². The van der Waals surface area contributed by atoms with Crippen LogP contribution in [-0.2, 0) is 4.79 Å². The highest BCUT2D eigenvalue weighted by Gasteiger charge is 2.26. The standard InChI is InChI=1S/C16H24N4O2/c17-8-9-19-16(22)12-5-1-2-7-14(12)20-15(21)10-11-4-3-6-13(11)18/h1-2,5,7,11,13H,3-4,6,8-10,17-18H2,(H,19,22)(H,20,21)/t11-,13+/m0/s1. The number of nitrogens with one attached hydrogen (secondary N) is 2. The molecule has 0 saturated heterocycles. The number of hydrogen-bond acceptors (Lipinski definition) is 4. The summed E-state index contributed by atoms with van der Waals surface area (Å²) in [5.74, 6) is -0.0985. The topological polar surface area (TPSA) is 110 Å². The zero-order valence-electron chi connectivity index (χ0n) is 12.7. The van der Waals surface area contributed by atoms with E-state index in [9.17, 15) is 9.59 Å². The summed E-state index contributed by atoms with van der Waals surface area (Å²) in [5, 5.41) is 5.54. The maximum absolute atomic E-state index is 12.2. The predicted molar refractivity (Wildman–Crippen MR) is 86.4 cm³/mol. The molecule has 0 radical (unpaired) electrons. The summed E-state index contributed by atoms with van der Waals surface area (Å²) in [6.07, 6.45) is 3.46. The monoisotopic (exact) mass is 304 g/mol. The lowest BCUT2D eigenvalue weighted by Gasteiger charge is -2.16. The van der Waals surface area contributed by atoms with Crippen LogP contribution in [0.4, 0.5) is 5.69 Å². The lowest BCUT2D eigenvalue weighted by molar-refractivity contribution is -0.117. The Labute approximate surface area is 130 Å². The molecule has 0 spiro atoms. The second kappa shape index (κ2) is 7.91. The Morgan fingerprint density at radius 2 is 2.00 bits per heavy atom. The van der Waals surface area contributed by atoms with Crippen LogP contribution in [0.3, 0.4) is 0 Å². The zero-order chi connectivity index (χ0) is 15.9. The van der Waals surface area contributed by atoms with E-state index in [0.29, 0.717) is 30.8 Å². The Kier molecular flexibility index (Phi) is 5.91. The zero-order valence-corrected chi connectivity index (χ0v) is 12.7. The van der Waals surface area contributed by atoms with Crippen LogP contribution in [0.1, 0.15) is 36.0 Å². The van der Waals surface area contributed by atoms with Crippen molar-refractivity contribution in [2.75, 3.05) is 18.4 Å². The van der Waals surface area contributed by atoms with Gasteiger partial charge in [0.05, 0.1) is 11.3 Å². The number of carbonyl (C=O) groups is 2. The van der Waals surface area contributed by atoms with E-state index >= 15 is 0 Å². The van der Waals surface area contributed by atoms with Crippen LogP contribution >= 0.6 is 0 Å². The molecule has 6 N–H and O–H groups in total. The van der Waals surface area contributed by atoms with Crippen molar-refractivity contribution in [3.63, 3.8) is 0 Å². The van der Waals surface area contributed by atoms with Crippen molar-refractivity contribution >= 4 is 17.5 Å². The van der Waals surface area contributed by atoms with E-state index in [2.05, 4.69) is 10.6 Å². The molecule has 0 bridgehead atoms. The van der Waals surface area contributed by atoms with Crippen molar-refractivity contribution in [1.82, 2.24) is 5.32 Å². The molecule has 1 aromatic rings. The molecule has 0 heterocycles. The van der Waals surface area contributed by atoms with Gasteiger partial charge in [0.2, 0.25) is 5.91 Å². The minimum Gasteiger partial charge on any atom is -0.351 e. The molecule has 2 rings (SSSR count). The highest BCUT2D eigenvalue weighted by Crippen LogP contribution is 2.27. The third-order valence-corrected chi connectivity index (χ3v) is 4.04. The summed E-state index contributed by atoms with van der Waals surface area (Å²) in [6, 6.07) is 7.07. The quantitative estimate of drug-likeness (QED) is 0.624. The van der Waals surface area contributed by atoms with Gasteiger partial charge in [-0.2, -0.15) is 0 Å². The van der Waals surface area contributed by atoms with Crippen LogP contribution in [0.15, 0.2) is 24.3 Å². The summed E-state index contributed by atoms with van der Waals surface area (Å²) < 4.78 is 0. The summed E-state index contributed by atoms with van der Waals surface area (Å²) in [7, 11) is 0. The number of para-hydroxylation sites is 1. The molecule has 0 aromatic heterocycles. The molecule has 1 aliphatic carbocycles. The fourth-order valence-corrected chi connectivity index (χ4v) is 2.83. The smallest absolute Gasteiger partial charge is 0.253 e. The maximum atomic E-state index is 12.2. The Balaban J connectivity index is 1.99. The number of nitrogens with two attached hydrogens (primary N) is 2. The number of rotatable bonds is 6. The van der Waals surface area contributed by atoms with E-state index in [1.54, 1.807) is 24.3 Å². The molecular weight excluding hydrogens is 280 g/mol. The van der Waals surface area contributed by atoms with Crippen molar-refractivity contribution < 1.29 is 9.59 Å². The largest absolute Gasteiger partial charge is 0.351 e. The molecule has 1 saturated carbocycles. The molecule has 2 amide bonds. The van der Waals surface area contributed by atoms with Crippen LogP contribution in [0.5, 0.6) is 0 Å². The minimum atomic E-state index is -0.237. The molecule has 120 valence electrons. The molecule has 2 atom stereocenters. The van der Waals surface area contributed by atoms with E-state index in [-0.39, 0.29) is 23.8 Å². The summed E-state index contributed by atoms with van der Waals surface area (Å²) >= 11 is 0. The Morgan fingerprint density at radius 3 is 2.68 bits per heavy atom. The number of anilines is 1. The summed E-state index contributed by atoms with van der Waals surface area (Å²) in [5.41, 5.74) is 12.3. The fraction of sp³-hybridized carbons (Fsp3) is 0.500. The van der Waals surface area contributed by atoms with Gasteiger partial charge in [-0.15, -0.1) is 0 Å². The van der Waals surface area contributed by atoms with E-state index in [1.165, 1.54) is 0 Å². The summed E-state index contributed by atoms with van der Waals surface area (Å²) in [6.45, 7) is 0.776.